The second kappa shape index (κ2) is 9.14. The Kier molecular flexibility index (Phi) is 9.26. The minimum absolute atomic E-state index is 0.765. The van der Waals surface area contributed by atoms with Crippen LogP contribution in [-0.2, 0) is 0 Å². The van der Waals surface area contributed by atoms with Gasteiger partial charge in [-0.2, -0.15) is 0 Å². The van der Waals surface area contributed by atoms with Crippen LogP contribution in [0.3, 0.4) is 0 Å². The predicted octanol–water partition coefficient (Wildman–Crippen LogP) is -0.511. The zero-order valence-corrected chi connectivity index (χ0v) is 9.03. The molecule has 0 aromatic rings. The topological polar surface area (TPSA) is 38.0 Å². The van der Waals surface area contributed by atoms with Crippen LogP contribution in [0, 0.1) is 0 Å². The van der Waals surface area contributed by atoms with E-state index in [0.717, 1.165) is 19.6 Å². The SMILES string of the molecule is NCCNCCCCC[SiH3]. The van der Waals surface area contributed by atoms with Crippen LogP contribution in [0.25, 0.3) is 0 Å². The van der Waals surface area contributed by atoms with Gasteiger partial charge in [-0.15, -0.1) is 0 Å². The lowest BCUT2D eigenvalue weighted by molar-refractivity contribution is 0.621. The zero-order chi connectivity index (χ0) is 7.66. The number of nitrogens with one attached hydrogen (secondary N) is 1. The van der Waals surface area contributed by atoms with Gasteiger partial charge in [-0.3, -0.25) is 0 Å². The van der Waals surface area contributed by atoms with Crippen LogP contribution in [0.2, 0.25) is 6.04 Å². The molecular formula is C7H20N2Si. The zero-order valence-electron chi connectivity index (χ0n) is 7.03. The molecule has 0 unspecified atom stereocenters. The van der Waals surface area contributed by atoms with Crippen LogP contribution in [0.1, 0.15) is 19.3 Å². The third kappa shape index (κ3) is 8.14. The van der Waals surface area contributed by atoms with Gasteiger partial charge in [0.25, 0.3) is 0 Å². The highest BCUT2D eigenvalue weighted by atomic mass is 28.1. The molecule has 0 saturated heterocycles. The van der Waals surface area contributed by atoms with Crippen LogP contribution >= 0.6 is 0 Å². The largest absolute Gasteiger partial charge is 0.329 e. The van der Waals surface area contributed by atoms with Gasteiger partial charge in [0.2, 0.25) is 0 Å². The normalized spacial score (nSPS) is 10.5. The van der Waals surface area contributed by atoms with Crippen molar-refractivity contribution in [3.8, 4) is 0 Å². The van der Waals surface area contributed by atoms with Crippen LogP contribution in [0.4, 0.5) is 0 Å². The van der Waals surface area contributed by atoms with E-state index < -0.39 is 0 Å². The molecule has 0 atom stereocenters. The second-order valence-electron chi connectivity index (χ2n) is 2.60. The average Bonchev–Trinajstić information content (AvgIpc) is 1.97. The fourth-order valence-corrected chi connectivity index (χ4v) is 1.40. The molecule has 10 heavy (non-hydrogen) atoms. The first-order valence-corrected chi connectivity index (χ1v) is 5.74. The van der Waals surface area contributed by atoms with E-state index in [1.54, 1.807) is 0 Å². The van der Waals surface area contributed by atoms with Crippen molar-refractivity contribution < 1.29 is 0 Å². The lowest BCUT2D eigenvalue weighted by atomic mass is 10.2. The number of unbranched alkanes of at least 4 members (excludes halogenated alkanes) is 2. The molecule has 0 rings (SSSR count). The van der Waals surface area contributed by atoms with Crippen molar-refractivity contribution in [3.63, 3.8) is 0 Å². The van der Waals surface area contributed by atoms with E-state index in [-0.39, 0.29) is 0 Å². The van der Waals surface area contributed by atoms with E-state index in [0.29, 0.717) is 0 Å². The molecule has 0 spiro atoms. The number of rotatable bonds is 7. The average molecular weight is 160 g/mol. The predicted molar refractivity (Wildman–Crippen MR) is 50.5 cm³/mol. The van der Waals surface area contributed by atoms with Crippen molar-refractivity contribution in [3.05, 3.63) is 0 Å². The highest BCUT2D eigenvalue weighted by molar-refractivity contribution is 6.08. The van der Waals surface area contributed by atoms with Gasteiger partial charge in [0.1, 0.15) is 0 Å². The molecule has 3 heteroatoms. The molecule has 3 N–H and O–H groups in total. The first kappa shape index (κ1) is 10.1. The molecule has 0 fully saturated rings. The Labute approximate surface area is 67.0 Å². The van der Waals surface area contributed by atoms with Crippen molar-refractivity contribution in [2.75, 3.05) is 19.6 Å². The molecule has 62 valence electrons. The fourth-order valence-electron chi connectivity index (χ4n) is 0.904. The number of hydrogen-bond donors (Lipinski definition) is 2. The van der Waals surface area contributed by atoms with E-state index in [9.17, 15) is 0 Å². The van der Waals surface area contributed by atoms with Crippen molar-refractivity contribution in [1.82, 2.24) is 5.32 Å². The van der Waals surface area contributed by atoms with E-state index in [1.165, 1.54) is 35.5 Å². The highest BCUT2D eigenvalue weighted by Crippen LogP contribution is 1.95. The van der Waals surface area contributed by atoms with Crippen LogP contribution in [0.5, 0.6) is 0 Å². The molecule has 0 aromatic heterocycles. The molecule has 0 amide bonds. The number of nitrogens with two attached hydrogens (primary N) is 1. The van der Waals surface area contributed by atoms with E-state index in [1.807, 2.05) is 0 Å². The smallest absolute Gasteiger partial charge is 0.00745 e. The Morgan fingerprint density at radius 2 is 1.90 bits per heavy atom. The summed E-state index contributed by atoms with van der Waals surface area (Å²) in [5.74, 6) is 0. The summed E-state index contributed by atoms with van der Waals surface area (Å²) in [4.78, 5) is 0. The third-order valence-electron chi connectivity index (χ3n) is 1.53. The molecule has 0 saturated carbocycles. The monoisotopic (exact) mass is 160 g/mol. The second-order valence-corrected chi connectivity index (χ2v) is 3.60. The minimum Gasteiger partial charge on any atom is -0.329 e. The molecular weight excluding hydrogens is 140 g/mol. The molecule has 0 heterocycles. The minimum atomic E-state index is 0.765. The van der Waals surface area contributed by atoms with E-state index in [2.05, 4.69) is 5.32 Å². The van der Waals surface area contributed by atoms with Gasteiger partial charge >= 0.3 is 0 Å². The Morgan fingerprint density at radius 1 is 1.10 bits per heavy atom. The summed E-state index contributed by atoms with van der Waals surface area (Å²) in [5.41, 5.74) is 5.31. The molecule has 0 aliphatic heterocycles. The summed E-state index contributed by atoms with van der Waals surface area (Å²) in [6.07, 6.45) is 4.14. The first-order valence-electron chi connectivity index (χ1n) is 4.32. The highest BCUT2D eigenvalue weighted by Gasteiger charge is 1.85. The van der Waals surface area contributed by atoms with Gasteiger partial charge in [0.15, 0.2) is 0 Å². The van der Waals surface area contributed by atoms with Gasteiger partial charge in [0.05, 0.1) is 0 Å². The van der Waals surface area contributed by atoms with Gasteiger partial charge in [0, 0.05) is 23.3 Å². The molecule has 0 radical (unpaired) electrons. The van der Waals surface area contributed by atoms with Crippen LogP contribution < -0.4 is 11.1 Å². The summed E-state index contributed by atoms with van der Waals surface area (Å²) in [7, 11) is 1.37. The summed E-state index contributed by atoms with van der Waals surface area (Å²) >= 11 is 0. The fraction of sp³-hybridized carbons (Fsp3) is 1.00. The Bertz CT molecular complexity index is 51.6. The van der Waals surface area contributed by atoms with Gasteiger partial charge in [-0.25, -0.2) is 0 Å². The van der Waals surface area contributed by atoms with Crippen molar-refractivity contribution in [2.24, 2.45) is 5.73 Å². The third-order valence-corrected chi connectivity index (χ3v) is 2.24. The van der Waals surface area contributed by atoms with Gasteiger partial charge < -0.3 is 11.1 Å². The molecule has 0 aromatic carbocycles. The Hall–Kier alpha value is 0.137. The standard InChI is InChI=1S/C7H20N2Si/c8-4-6-9-5-2-1-3-7-10/h9H,1-8H2,10H3. The van der Waals surface area contributed by atoms with E-state index in [4.69, 9.17) is 5.73 Å². The van der Waals surface area contributed by atoms with Crippen molar-refractivity contribution in [2.45, 2.75) is 25.3 Å². The number of hydrogen-bond acceptors (Lipinski definition) is 2. The molecule has 0 bridgehead atoms. The van der Waals surface area contributed by atoms with Gasteiger partial charge in [-0.1, -0.05) is 18.9 Å². The quantitative estimate of drug-likeness (QED) is 0.389. The lowest BCUT2D eigenvalue weighted by Gasteiger charge is -2.00. The molecule has 0 aliphatic rings. The maximum atomic E-state index is 5.31. The Balaban J connectivity index is 2.65. The lowest BCUT2D eigenvalue weighted by Crippen LogP contribution is -2.23. The summed E-state index contributed by atoms with van der Waals surface area (Å²) in [5, 5.41) is 3.28. The summed E-state index contributed by atoms with van der Waals surface area (Å²) in [6.45, 7) is 2.89. The van der Waals surface area contributed by atoms with Gasteiger partial charge in [-0.05, 0) is 13.0 Å². The summed E-state index contributed by atoms with van der Waals surface area (Å²) in [6, 6.07) is 1.46. The van der Waals surface area contributed by atoms with Crippen LogP contribution in [0.15, 0.2) is 0 Å². The first-order chi connectivity index (χ1) is 4.91. The maximum Gasteiger partial charge on any atom is 0.00745 e. The van der Waals surface area contributed by atoms with Crippen LogP contribution in [-0.4, -0.2) is 29.9 Å². The van der Waals surface area contributed by atoms with E-state index >= 15 is 0 Å². The molecule has 0 aliphatic carbocycles. The van der Waals surface area contributed by atoms with Crippen molar-refractivity contribution in [1.29, 1.82) is 0 Å². The Morgan fingerprint density at radius 3 is 2.50 bits per heavy atom. The molecule has 2 nitrogen and oxygen atoms in total. The maximum absolute atomic E-state index is 5.31. The van der Waals surface area contributed by atoms with Crippen molar-refractivity contribution >= 4 is 10.2 Å². The summed E-state index contributed by atoms with van der Waals surface area (Å²) < 4.78 is 0.